The minimum absolute atomic E-state index is 0.0753. The number of nitrogens with zero attached hydrogens (tertiary/aromatic N) is 1. The Balaban J connectivity index is 2.36. The highest BCUT2D eigenvalue weighted by Crippen LogP contribution is 2.32. The monoisotopic (exact) mass is 252 g/mol. The summed E-state index contributed by atoms with van der Waals surface area (Å²) < 4.78 is 0. The van der Waals surface area contributed by atoms with E-state index in [1.807, 2.05) is 0 Å². The maximum absolute atomic E-state index is 12.3. The first kappa shape index (κ1) is 11.3. The lowest BCUT2D eigenvalue weighted by atomic mass is 9.83. The fraction of sp³-hybridized carbons (Fsp3) is 0. The first-order valence-electron chi connectivity index (χ1n) is 5.48. The van der Waals surface area contributed by atoms with E-state index in [4.69, 9.17) is 0 Å². The van der Waals surface area contributed by atoms with E-state index in [-0.39, 0.29) is 33.7 Å². The molecule has 0 spiro atoms. The fourth-order valence-electron chi connectivity index (χ4n) is 2.22. The molecule has 0 bridgehead atoms. The van der Waals surface area contributed by atoms with Crippen molar-refractivity contribution in [1.29, 1.82) is 0 Å². The average molecular weight is 252 g/mol. The predicted octanol–water partition coefficient (Wildman–Crippen LogP) is 2.17. The van der Waals surface area contributed by atoms with Gasteiger partial charge in [0.1, 0.15) is 5.56 Å². The Labute approximate surface area is 107 Å². The zero-order chi connectivity index (χ0) is 13.6. The van der Waals surface area contributed by atoms with Gasteiger partial charge in [-0.1, -0.05) is 12.1 Å². The molecule has 1 radical (unpaired) electrons. The highest BCUT2D eigenvalue weighted by atomic mass is 16.6. The number of ketones is 2. The van der Waals surface area contributed by atoms with Crippen molar-refractivity contribution >= 4 is 17.3 Å². The lowest BCUT2D eigenvalue weighted by molar-refractivity contribution is -0.385. The second-order valence-corrected chi connectivity index (χ2v) is 4.09. The first-order valence-corrected chi connectivity index (χ1v) is 5.48. The molecule has 2 aromatic rings. The predicted molar refractivity (Wildman–Crippen MR) is 65.2 cm³/mol. The molecule has 0 amide bonds. The number of nitro groups is 1. The van der Waals surface area contributed by atoms with Gasteiger partial charge in [-0.25, -0.2) is 0 Å². The number of fused-ring (bicyclic) bond motifs is 2. The number of carbonyl (C=O) groups excluding carboxylic acids is 2. The summed E-state index contributed by atoms with van der Waals surface area (Å²) >= 11 is 0. The van der Waals surface area contributed by atoms with E-state index in [2.05, 4.69) is 6.07 Å². The van der Waals surface area contributed by atoms with Crippen LogP contribution in [0.3, 0.4) is 0 Å². The highest BCUT2D eigenvalue weighted by molar-refractivity contribution is 6.29. The number of nitro benzene ring substituents is 1. The molecule has 0 fully saturated rings. The Morgan fingerprint density at radius 1 is 1.00 bits per heavy atom. The van der Waals surface area contributed by atoms with Crippen LogP contribution in [0.15, 0.2) is 36.4 Å². The molecule has 0 N–H and O–H groups in total. The highest BCUT2D eigenvalue weighted by Gasteiger charge is 2.34. The number of benzene rings is 2. The van der Waals surface area contributed by atoms with Crippen LogP contribution in [0.5, 0.6) is 0 Å². The summed E-state index contributed by atoms with van der Waals surface area (Å²) in [6.07, 6.45) is 0. The molecule has 0 saturated heterocycles. The minimum atomic E-state index is -0.649. The molecule has 3 rings (SSSR count). The lowest BCUT2D eigenvalue weighted by Gasteiger charge is -2.16. The molecular weight excluding hydrogens is 246 g/mol. The Kier molecular flexibility index (Phi) is 2.28. The van der Waals surface area contributed by atoms with Crippen molar-refractivity contribution in [3.63, 3.8) is 0 Å². The summed E-state index contributed by atoms with van der Waals surface area (Å²) in [5, 5.41) is 11.0. The molecule has 0 aromatic heterocycles. The molecule has 0 atom stereocenters. The Morgan fingerprint density at radius 2 is 1.79 bits per heavy atom. The molecule has 5 nitrogen and oxygen atoms in total. The quantitative estimate of drug-likeness (QED) is 0.491. The summed E-state index contributed by atoms with van der Waals surface area (Å²) in [6, 6.07) is 11.2. The van der Waals surface area contributed by atoms with E-state index in [0.717, 1.165) is 0 Å². The van der Waals surface area contributed by atoms with Gasteiger partial charge in [-0.15, -0.1) is 0 Å². The Morgan fingerprint density at radius 3 is 2.53 bits per heavy atom. The third-order valence-corrected chi connectivity index (χ3v) is 3.06. The van der Waals surface area contributed by atoms with Crippen molar-refractivity contribution in [1.82, 2.24) is 0 Å². The van der Waals surface area contributed by atoms with Gasteiger partial charge in [0.25, 0.3) is 5.69 Å². The number of hydrogen-bond donors (Lipinski definition) is 0. The van der Waals surface area contributed by atoms with Gasteiger partial charge in [-0.05, 0) is 24.3 Å². The molecule has 0 unspecified atom stereocenters. The molecule has 1 aliphatic carbocycles. The van der Waals surface area contributed by atoms with Crippen LogP contribution >= 0.6 is 0 Å². The summed E-state index contributed by atoms with van der Waals surface area (Å²) in [7, 11) is 0. The van der Waals surface area contributed by atoms with Crippen molar-refractivity contribution in [3.8, 4) is 0 Å². The van der Waals surface area contributed by atoms with Crippen LogP contribution < -0.4 is 0 Å². The zero-order valence-electron chi connectivity index (χ0n) is 9.54. The molecule has 91 valence electrons. The van der Waals surface area contributed by atoms with Crippen molar-refractivity contribution < 1.29 is 14.5 Å². The van der Waals surface area contributed by atoms with Crippen LogP contribution in [-0.4, -0.2) is 16.5 Å². The van der Waals surface area contributed by atoms with Gasteiger partial charge in [0, 0.05) is 22.8 Å². The van der Waals surface area contributed by atoms with Gasteiger partial charge in [0.15, 0.2) is 5.78 Å². The van der Waals surface area contributed by atoms with Crippen molar-refractivity contribution in [2.45, 2.75) is 0 Å². The summed E-state index contributed by atoms with van der Waals surface area (Å²) in [6.45, 7) is 0. The maximum atomic E-state index is 12.3. The number of hydrogen-bond acceptors (Lipinski definition) is 4. The molecule has 19 heavy (non-hydrogen) atoms. The molecule has 2 aromatic carbocycles. The second-order valence-electron chi connectivity index (χ2n) is 4.09. The summed E-state index contributed by atoms with van der Waals surface area (Å²) in [5.41, 5.74) is 0.0304. The van der Waals surface area contributed by atoms with Gasteiger partial charge < -0.3 is 0 Å². The van der Waals surface area contributed by atoms with Crippen molar-refractivity contribution in [2.24, 2.45) is 0 Å². The third-order valence-electron chi connectivity index (χ3n) is 3.06. The summed E-state index contributed by atoms with van der Waals surface area (Å²) in [4.78, 5) is 34.9. The topological polar surface area (TPSA) is 77.3 Å². The average Bonchev–Trinajstić information content (AvgIpc) is 2.44. The van der Waals surface area contributed by atoms with E-state index in [9.17, 15) is 19.7 Å². The molecular formula is C14H6NO4. The molecule has 0 heterocycles. The van der Waals surface area contributed by atoms with Gasteiger partial charge in [-0.3, -0.25) is 19.7 Å². The van der Waals surface area contributed by atoms with Gasteiger partial charge in [0.05, 0.1) is 4.92 Å². The number of rotatable bonds is 1. The van der Waals surface area contributed by atoms with Crippen LogP contribution in [0, 0.1) is 16.2 Å². The standard InChI is InChI=1S/C14H6NO4/c16-13-8-4-1-2-5-9(8)14(17)12-10(13)6-3-7-11(12)15(18)19/h2-7H. The normalized spacial score (nSPS) is 12.8. The molecule has 5 heteroatoms. The van der Waals surface area contributed by atoms with E-state index in [0.29, 0.717) is 0 Å². The Bertz CT molecular complexity index is 749. The van der Waals surface area contributed by atoms with Crippen LogP contribution in [0.25, 0.3) is 0 Å². The van der Waals surface area contributed by atoms with Crippen LogP contribution in [-0.2, 0) is 0 Å². The van der Waals surface area contributed by atoms with Crippen LogP contribution in [0.4, 0.5) is 5.69 Å². The minimum Gasteiger partial charge on any atom is -0.289 e. The van der Waals surface area contributed by atoms with Gasteiger partial charge >= 0.3 is 0 Å². The van der Waals surface area contributed by atoms with Crippen molar-refractivity contribution in [2.75, 3.05) is 0 Å². The molecule has 0 saturated carbocycles. The molecule has 1 aliphatic rings. The van der Waals surface area contributed by atoms with E-state index < -0.39 is 10.7 Å². The smallest absolute Gasteiger partial charge is 0.281 e. The van der Waals surface area contributed by atoms with Gasteiger partial charge in [0.2, 0.25) is 5.78 Å². The first-order chi connectivity index (χ1) is 9.11. The molecule has 0 aliphatic heterocycles. The van der Waals surface area contributed by atoms with E-state index in [1.54, 1.807) is 0 Å². The third kappa shape index (κ3) is 1.48. The van der Waals surface area contributed by atoms with E-state index >= 15 is 0 Å². The van der Waals surface area contributed by atoms with Crippen molar-refractivity contribution in [3.05, 3.63) is 74.8 Å². The lowest BCUT2D eigenvalue weighted by Crippen LogP contribution is -2.22. The van der Waals surface area contributed by atoms with Gasteiger partial charge in [-0.2, -0.15) is 0 Å². The zero-order valence-corrected chi connectivity index (χ0v) is 9.54. The van der Waals surface area contributed by atoms with E-state index in [1.165, 1.54) is 36.4 Å². The Hall–Kier alpha value is -2.82. The SMILES string of the molecule is O=C1c2c[c]ccc2C(=O)c2c1cccc2[N+](=O)[O-]. The van der Waals surface area contributed by atoms with Crippen LogP contribution in [0.1, 0.15) is 31.8 Å². The summed E-state index contributed by atoms with van der Waals surface area (Å²) in [5.74, 6) is -0.879. The second kappa shape index (κ2) is 3.84. The maximum Gasteiger partial charge on any atom is 0.281 e. The fourth-order valence-corrected chi connectivity index (χ4v) is 2.22. The largest absolute Gasteiger partial charge is 0.289 e. The van der Waals surface area contributed by atoms with Crippen LogP contribution in [0.2, 0.25) is 0 Å². The number of carbonyl (C=O) groups is 2.